The van der Waals surface area contributed by atoms with E-state index in [0.29, 0.717) is 0 Å². The number of nitrogens with one attached hydrogen (secondary N) is 2. The van der Waals surface area contributed by atoms with Crippen molar-refractivity contribution in [3.05, 3.63) is 11.5 Å². The fraction of sp³-hybridized carbons (Fsp3) is 0.900. The van der Waals surface area contributed by atoms with Crippen molar-refractivity contribution in [1.29, 1.82) is 0 Å². The molecule has 2 aliphatic heterocycles. The molecule has 0 radical (unpaired) electrons. The van der Waals surface area contributed by atoms with Crippen LogP contribution in [0, 0.1) is 0 Å². The van der Waals surface area contributed by atoms with Gasteiger partial charge in [-0.15, -0.1) is 0 Å². The molecule has 31 heavy (non-hydrogen) atoms. The van der Waals surface area contributed by atoms with Crippen molar-refractivity contribution < 1.29 is 51.3 Å². The Morgan fingerprint density at radius 3 is 0.903 bits per heavy atom. The summed E-state index contributed by atoms with van der Waals surface area (Å²) in [5.74, 6) is -2.23. The molecule has 10 nitrogen and oxygen atoms in total. The normalized spacial score (nSPS) is 27.7. The van der Waals surface area contributed by atoms with Gasteiger partial charge in [-0.3, -0.25) is 9.59 Å². The number of nitrogens with zero attached hydrogens (tertiary/aromatic N) is 2. The largest absolute Gasteiger partial charge is 2.00 e. The van der Waals surface area contributed by atoms with Gasteiger partial charge >= 0.3 is 21.1 Å². The molecule has 2 heterocycles. The first-order valence-electron chi connectivity index (χ1n) is 9.98. The van der Waals surface area contributed by atoms with Gasteiger partial charge < -0.3 is 32.1 Å². The molecule has 2 saturated heterocycles. The molecule has 0 atom stereocenters. The summed E-state index contributed by atoms with van der Waals surface area (Å²) in [6, 6.07) is 0. The zero-order chi connectivity index (χ0) is 24.1. The summed E-state index contributed by atoms with van der Waals surface area (Å²) >= 11 is 0. The third-order valence-corrected chi connectivity index (χ3v) is 6.05. The Balaban J connectivity index is 0.000000562. The average Bonchev–Trinajstić information content (AvgIpc) is 2.49. The van der Waals surface area contributed by atoms with E-state index in [2.05, 4.69) is 0 Å². The van der Waals surface area contributed by atoms with Crippen LogP contribution in [0.1, 0.15) is 81.1 Å². The number of carboxylic acid groups (broad SMARTS) is 2. The Morgan fingerprint density at radius 1 is 0.613 bits per heavy atom. The van der Waals surface area contributed by atoms with E-state index in [9.17, 15) is 20.0 Å². The molecule has 0 aliphatic carbocycles. The zero-order valence-electron chi connectivity index (χ0n) is 19.6. The topological polar surface area (TPSA) is 169 Å². The van der Waals surface area contributed by atoms with Crippen molar-refractivity contribution in [3.8, 4) is 0 Å². The minimum absolute atomic E-state index is 0. The van der Waals surface area contributed by atoms with Crippen LogP contribution in [-0.4, -0.2) is 75.9 Å². The van der Waals surface area contributed by atoms with Crippen molar-refractivity contribution >= 4 is 11.9 Å². The van der Waals surface area contributed by atoms with Gasteiger partial charge in [0.15, 0.2) is 0 Å². The molecule has 11 heteroatoms. The van der Waals surface area contributed by atoms with E-state index in [1.54, 1.807) is 55.4 Å². The van der Waals surface area contributed by atoms with Crippen LogP contribution in [-0.2, 0) is 30.7 Å². The number of aliphatic carboxylic acids is 2. The maximum Gasteiger partial charge on any atom is 2.00 e. The van der Waals surface area contributed by atoms with Gasteiger partial charge in [-0.2, -0.15) is 10.1 Å². The predicted octanol–water partition coefficient (Wildman–Crippen LogP) is 3.81. The van der Waals surface area contributed by atoms with Crippen LogP contribution in [0.4, 0.5) is 0 Å². The maximum atomic E-state index is 11.1. The fourth-order valence-corrected chi connectivity index (χ4v) is 5.32. The number of carbonyl (C=O) groups is 2. The molecule has 2 aliphatic rings. The van der Waals surface area contributed by atoms with Crippen LogP contribution < -0.4 is 0 Å². The number of hydrogen-bond donors (Lipinski definition) is 4. The summed E-state index contributed by atoms with van der Waals surface area (Å²) in [5.41, 5.74) is 10.1. The molecular weight excluding hydrogens is 587 g/mol. The number of carboxylic acids is 2. The predicted molar refractivity (Wildman–Crippen MR) is 111 cm³/mol. The summed E-state index contributed by atoms with van der Waals surface area (Å²) in [4.78, 5) is 22.1. The third-order valence-electron chi connectivity index (χ3n) is 6.05. The van der Waals surface area contributed by atoms with E-state index in [0.717, 1.165) is 0 Å². The minimum Gasteiger partial charge on any atom is -0.662 e. The Labute approximate surface area is 199 Å². The number of hydrogen-bond acceptors (Lipinski definition) is 6. The average molecular weight is 626 g/mol. The molecule has 2 fully saturated rings. The van der Waals surface area contributed by atoms with Gasteiger partial charge in [0.25, 0.3) is 11.9 Å². The van der Waals surface area contributed by atoms with E-state index >= 15 is 0 Å². The maximum absolute atomic E-state index is 11.1. The van der Waals surface area contributed by atoms with Crippen molar-refractivity contribution in [3.63, 3.8) is 0 Å². The summed E-state index contributed by atoms with van der Waals surface area (Å²) < 4.78 is 0. The van der Waals surface area contributed by atoms with Gasteiger partial charge in [0.2, 0.25) is 0 Å². The molecule has 0 amide bonds. The van der Waals surface area contributed by atoms with Gasteiger partial charge in [-0.25, -0.2) is 0 Å². The van der Waals surface area contributed by atoms with Crippen molar-refractivity contribution in [1.82, 2.24) is 10.1 Å². The minimum atomic E-state index is -1.51. The van der Waals surface area contributed by atoms with Gasteiger partial charge in [-0.05, 0) is 92.2 Å². The molecule has 0 spiro atoms. The second kappa shape index (κ2) is 8.97. The number of hydroxylamine groups is 4. The monoisotopic (exact) mass is 625 g/mol. The standard InChI is InChI=1S/2C10H19N2O3.Pt/c2*1-8(2)5-10(11,7(13)14)6-9(3,4)12(8)15;/h2*11,15H,5-6H2,1-4H3,(H,13,14);/q2*-1;+2. The molecule has 0 saturated carbocycles. The Bertz CT molecular complexity index is 601. The van der Waals surface area contributed by atoms with Crippen LogP contribution >= 0.6 is 0 Å². The first-order valence-corrected chi connectivity index (χ1v) is 9.98. The molecule has 6 N–H and O–H groups in total. The molecule has 0 aromatic rings. The Hall–Kier alpha value is -0.612. The van der Waals surface area contributed by atoms with Crippen LogP contribution in [0.5, 0.6) is 0 Å². The van der Waals surface area contributed by atoms with E-state index < -0.39 is 45.2 Å². The molecule has 0 aromatic carbocycles. The van der Waals surface area contributed by atoms with E-state index in [1.165, 1.54) is 10.1 Å². The summed E-state index contributed by atoms with van der Waals surface area (Å²) in [6.45, 7) is 14.0. The number of rotatable bonds is 2. The van der Waals surface area contributed by atoms with Crippen molar-refractivity contribution in [2.75, 3.05) is 0 Å². The summed E-state index contributed by atoms with van der Waals surface area (Å²) in [6.07, 6.45) is 0.481. The first-order chi connectivity index (χ1) is 13.0. The van der Waals surface area contributed by atoms with E-state index in [4.69, 9.17) is 21.7 Å². The molecule has 0 unspecified atom stereocenters. The van der Waals surface area contributed by atoms with Gasteiger partial charge in [0.1, 0.15) is 0 Å². The quantitative estimate of drug-likeness (QED) is 0.359. The number of piperidine rings is 2. The van der Waals surface area contributed by atoms with Crippen LogP contribution in [0.25, 0.3) is 11.5 Å². The second-order valence-corrected chi connectivity index (χ2v) is 11.4. The summed E-state index contributed by atoms with van der Waals surface area (Å²) in [7, 11) is 0. The van der Waals surface area contributed by atoms with Crippen LogP contribution in [0.3, 0.4) is 0 Å². The Morgan fingerprint density at radius 2 is 0.774 bits per heavy atom. The van der Waals surface area contributed by atoms with Crippen LogP contribution in [0.15, 0.2) is 0 Å². The molecular formula is C20H38N4O6Pt. The fourth-order valence-electron chi connectivity index (χ4n) is 5.32. The molecule has 184 valence electrons. The van der Waals surface area contributed by atoms with Crippen molar-refractivity contribution in [2.45, 2.75) is 114 Å². The second-order valence-electron chi connectivity index (χ2n) is 11.4. The third kappa shape index (κ3) is 6.25. The van der Waals surface area contributed by atoms with Crippen molar-refractivity contribution in [2.24, 2.45) is 0 Å². The zero-order valence-corrected chi connectivity index (χ0v) is 21.9. The molecule has 0 bridgehead atoms. The van der Waals surface area contributed by atoms with Crippen LogP contribution in [0.2, 0.25) is 0 Å². The molecule has 0 aromatic heterocycles. The van der Waals surface area contributed by atoms with Gasteiger partial charge in [-0.1, -0.05) is 0 Å². The summed E-state index contributed by atoms with van der Waals surface area (Å²) in [5, 5.41) is 40.3. The SMILES string of the molecule is CC1(C)CC([NH-])(C(=O)O)CC(C)(C)N1O.CC1(C)CC([NH-])(C(=O)O)CC(C)(C)N1O.[Pt+2]. The smallest absolute Gasteiger partial charge is 0.662 e. The van der Waals surface area contributed by atoms with Gasteiger partial charge in [0.05, 0.1) is 0 Å². The van der Waals surface area contributed by atoms with E-state index in [1.807, 2.05) is 0 Å². The van der Waals surface area contributed by atoms with Gasteiger partial charge in [0, 0.05) is 22.2 Å². The van der Waals surface area contributed by atoms with E-state index in [-0.39, 0.29) is 46.7 Å². The molecule has 2 rings (SSSR count). The first kappa shape index (κ1) is 30.4. The Kier molecular flexibility index (Phi) is 8.79.